The lowest BCUT2D eigenvalue weighted by Crippen LogP contribution is -2.48. The van der Waals surface area contributed by atoms with Crippen molar-refractivity contribution in [3.8, 4) is 11.8 Å². The maximum atomic E-state index is 14.3. The van der Waals surface area contributed by atoms with Gasteiger partial charge in [0.25, 0.3) is 0 Å². The second-order valence-electron chi connectivity index (χ2n) is 10.8. The van der Waals surface area contributed by atoms with E-state index in [2.05, 4.69) is 39.6 Å². The molecule has 222 valence electrons. The fourth-order valence-electron chi connectivity index (χ4n) is 5.01. The van der Waals surface area contributed by atoms with E-state index in [1.807, 2.05) is 0 Å². The van der Waals surface area contributed by atoms with Crippen LogP contribution in [0.25, 0.3) is 10.9 Å². The summed E-state index contributed by atoms with van der Waals surface area (Å²) in [6, 6.07) is 9.15. The highest BCUT2D eigenvalue weighted by Gasteiger charge is 2.41. The summed E-state index contributed by atoms with van der Waals surface area (Å²) in [4.78, 5) is 48.7. The van der Waals surface area contributed by atoms with Crippen LogP contribution >= 0.6 is 21.6 Å². The molecule has 0 unspecified atom stereocenters. The van der Waals surface area contributed by atoms with E-state index in [9.17, 15) is 23.2 Å². The van der Waals surface area contributed by atoms with Gasteiger partial charge in [-0.1, -0.05) is 29.7 Å². The number of hydrogen-bond acceptors (Lipinski definition) is 5. The molecule has 1 aliphatic heterocycles. The topological polar surface area (TPSA) is 97.2 Å². The van der Waals surface area contributed by atoms with Crippen LogP contribution in [0, 0.1) is 23.5 Å². The first-order chi connectivity index (χ1) is 20.4. The Labute approximate surface area is 253 Å². The lowest BCUT2D eigenvalue weighted by molar-refractivity contribution is -0.138. The number of benzene rings is 2. The summed E-state index contributed by atoms with van der Waals surface area (Å²) in [6.07, 6.45) is 7.82. The van der Waals surface area contributed by atoms with Crippen molar-refractivity contribution in [1.29, 1.82) is 0 Å². The Morgan fingerprint density at radius 2 is 1.86 bits per heavy atom. The third-order valence-electron chi connectivity index (χ3n) is 7.09. The molecule has 2 aromatic heterocycles. The number of nitrogens with one attached hydrogen (secondary N) is 1. The molecule has 1 aliphatic rings. The molecule has 0 bridgehead atoms. The van der Waals surface area contributed by atoms with Gasteiger partial charge in [-0.05, 0) is 49.6 Å². The lowest BCUT2D eigenvalue weighted by atomic mass is 10.1. The molecule has 1 N–H and O–H groups in total. The second kappa shape index (κ2) is 12.1. The summed E-state index contributed by atoms with van der Waals surface area (Å²) in [5, 5.41) is 3.36. The van der Waals surface area contributed by atoms with Crippen molar-refractivity contribution in [2.24, 2.45) is 0 Å². The first-order valence-corrected chi connectivity index (χ1v) is 16.4. The highest BCUT2D eigenvalue weighted by molar-refractivity contribution is 8.32. The molecule has 1 atom stereocenters. The van der Waals surface area contributed by atoms with Crippen LogP contribution in [0.3, 0.4) is 0 Å². The number of nitrogens with zero attached hydrogens (tertiary/aromatic N) is 4. The summed E-state index contributed by atoms with van der Waals surface area (Å²) in [5.41, 5.74) is 1.93. The molecule has 0 spiro atoms. The van der Waals surface area contributed by atoms with Crippen molar-refractivity contribution in [3.63, 3.8) is 0 Å². The Kier molecular flexibility index (Phi) is 8.53. The molecule has 3 heterocycles. The Balaban J connectivity index is 1.37. The van der Waals surface area contributed by atoms with E-state index < -0.39 is 27.7 Å². The summed E-state index contributed by atoms with van der Waals surface area (Å²) in [6.45, 7) is 1.31. The minimum Gasteiger partial charge on any atom is -0.350 e. The first-order valence-electron chi connectivity index (χ1n) is 13.2. The third-order valence-corrected chi connectivity index (χ3v) is 9.57. The van der Waals surface area contributed by atoms with Gasteiger partial charge in [0.15, 0.2) is 11.6 Å². The zero-order valence-corrected chi connectivity index (χ0v) is 25.2. The maximum Gasteiger partial charge on any atom is 0.243 e. The molecule has 43 heavy (non-hydrogen) atoms. The van der Waals surface area contributed by atoms with E-state index in [4.69, 9.17) is 11.6 Å². The molecular formula is C31H28ClF2N5O3S. The van der Waals surface area contributed by atoms with Gasteiger partial charge in [-0.15, -0.1) is 0 Å². The third kappa shape index (κ3) is 6.71. The van der Waals surface area contributed by atoms with Crippen molar-refractivity contribution >= 4 is 50.1 Å². The van der Waals surface area contributed by atoms with Crippen LogP contribution in [-0.4, -0.2) is 67.2 Å². The molecule has 0 aliphatic carbocycles. The molecule has 0 saturated carbocycles. The predicted molar refractivity (Wildman–Crippen MR) is 163 cm³/mol. The zero-order chi connectivity index (χ0) is 30.9. The zero-order valence-electron chi connectivity index (χ0n) is 23.7. The van der Waals surface area contributed by atoms with Gasteiger partial charge < -0.3 is 14.8 Å². The number of aromatic nitrogens is 3. The van der Waals surface area contributed by atoms with E-state index >= 15 is 0 Å². The number of rotatable bonds is 6. The van der Waals surface area contributed by atoms with Crippen molar-refractivity contribution in [1.82, 2.24) is 24.8 Å². The van der Waals surface area contributed by atoms with Gasteiger partial charge in [-0.2, -0.15) is 0 Å². The molecular weight excluding hydrogens is 596 g/mol. The number of carbonyl (C=O) groups is 3. The Morgan fingerprint density at radius 1 is 1.12 bits per heavy atom. The monoisotopic (exact) mass is 623 g/mol. The maximum absolute atomic E-state index is 14.3. The van der Waals surface area contributed by atoms with E-state index in [-0.39, 0.29) is 47.1 Å². The number of fused-ring (bicyclic) bond motifs is 1. The van der Waals surface area contributed by atoms with Gasteiger partial charge in [0, 0.05) is 46.1 Å². The fourth-order valence-corrected chi connectivity index (χ4v) is 7.57. The van der Waals surface area contributed by atoms with Gasteiger partial charge in [0.05, 0.1) is 23.3 Å². The highest BCUT2D eigenvalue weighted by atomic mass is 35.5. The van der Waals surface area contributed by atoms with Crippen LogP contribution in [0.4, 0.5) is 8.78 Å². The van der Waals surface area contributed by atoms with E-state index in [1.165, 1.54) is 13.0 Å². The number of amides is 2. The largest absolute Gasteiger partial charge is 0.350 e. The summed E-state index contributed by atoms with van der Waals surface area (Å²) in [7, 11) is -1.27. The number of carbonyl (C=O) groups excluding carboxylic acids is 3. The summed E-state index contributed by atoms with van der Waals surface area (Å²) < 4.78 is 29.1. The predicted octanol–water partition coefficient (Wildman–Crippen LogP) is 4.51. The Bertz CT molecular complexity index is 1810. The number of ketones is 1. The number of Topliss-reactive ketones (excluding diaryl/α,β-unsaturated/α-hetero) is 1. The van der Waals surface area contributed by atoms with Crippen LogP contribution in [0.1, 0.15) is 34.2 Å². The highest BCUT2D eigenvalue weighted by Crippen LogP contribution is 2.47. The summed E-state index contributed by atoms with van der Waals surface area (Å²) in [5.74, 6) is 4.86. The van der Waals surface area contributed by atoms with Crippen LogP contribution in [0.2, 0.25) is 5.02 Å². The molecule has 12 heteroatoms. The molecule has 5 rings (SSSR count). The molecule has 1 fully saturated rings. The van der Waals surface area contributed by atoms with Crippen molar-refractivity contribution in [2.45, 2.75) is 26.1 Å². The average molecular weight is 624 g/mol. The standard InChI is InChI=1S/C31H28ClF2N5O3S/c1-19(40)24-15-38(26-9-7-20(11-23(24)26)8-10-28-35-13-22(33)14-36-28)16-29(41)39-18-43(2,3)17-27(39)31(42)37-12-21-5-4-6-25(32)30(21)34/h4-7,9,11,13-15,27H,12,16-18H2,1-3H3,(H,37,42)/t27-/m0/s1. The normalized spacial score (nSPS) is 16.4. The first kappa shape index (κ1) is 30.2. The van der Waals surface area contributed by atoms with Gasteiger partial charge in [0.1, 0.15) is 18.4 Å². The minimum absolute atomic E-state index is 0.0278. The van der Waals surface area contributed by atoms with Gasteiger partial charge in [-0.3, -0.25) is 14.4 Å². The van der Waals surface area contributed by atoms with E-state index in [1.54, 1.807) is 46.0 Å². The lowest BCUT2D eigenvalue weighted by Gasteiger charge is -2.25. The molecule has 8 nitrogen and oxygen atoms in total. The fraction of sp³-hybridized carbons (Fsp3) is 0.258. The SMILES string of the molecule is CC(=O)c1cn(CC(=O)N2CS(C)(C)C[C@H]2C(=O)NCc2cccc(Cl)c2F)c2ccc(C#Cc3ncc(F)cn3)cc12. The van der Waals surface area contributed by atoms with Crippen LogP contribution in [-0.2, 0) is 22.7 Å². The molecule has 0 radical (unpaired) electrons. The number of halogens is 3. The molecule has 1 saturated heterocycles. The van der Waals surface area contributed by atoms with Crippen LogP contribution in [0.5, 0.6) is 0 Å². The quantitative estimate of drug-likeness (QED) is 0.252. The van der Waals surface area contributed by atoms with E-state index in [0.717, 1.165) is 12.4 Å². The minimum atomic E-state index is -1.27. The number of hydrogen-bond donors (Lipinski definition) is 1. The Hall–Kier alpha value is -4.27. The summed E-state index contributed by atoms with van der Waals surface area (Å²) >= 11 is 5.87. The van der Waals surface area contributed by atoms with Crippen LogP contribution in [0.15, 0.2) is 55.0 Å². The molecule has 4 aromatic rings. The molecule has 2 amide bonds. The second-order valence-corrected chi connectivity index (χ2v) is 15.3. The smallest absolute Gasteiger partial charge is 0.243 e. The molecule has 2 aromatic carbocycles. The van der Waals surface area contributed by atoms with Crippen molar-refractivity contribution in [3.05, 3.63) is 94.2 Å². The van der Waals surface area contributed by atoms with E-state index in [0.29, 0.717) is 33.7 Å². The van der Waals surface area contributed by atoms with Crippen LogP contribution < -0.4 is 5.32 Å². The van der Waals surface area contributed by atoms with Gasteiger partial charge in [-0.25, -0.2) is 28.8 Å². The Morgan fingerprint density at radius 3 is 2.58 bits per heavy atom. The van der Waals surface area contributed by atoms with Gasteiger partial charge >= 0.3 is 0 Å². The van der Waals surface area contributed by atoms with Gasteiger partial charge in [0.2, 0.25) is 17.6 Å². The van der Waals surface area contributed by atoms with Crippen molar-refractivity contribution in [2.75, 3.05) is 24.1 Å². The average Bonchev–Trinajstić information content (AvgIpc) is 3.50. The van der Waals surface area contributed by atoms with Crippen molar-refractivity contribution < 1.29 is 23.2 Å².